The molecular weight excluding hydrogens is 481 g/mol. The van der Waals surface area contributed by atoms with E-state index < -0.39 is 17.8 Å². The normalized spacial score (nSPS) is 11.4. The first kappa shape index (κ1) is 20.5. The van der Waals surface area contributed by atoms with E-state index in [1.54, 1.807) is 0 Å². The topological polar surface area (TPSA) is 66.0 Å². The number of rotatable bonds is 4. The summed E-state index contributed by atoms with van der Waals surface area (Å²) in [4.78, 5) is 11.3. The van der Waals surface area contributed by atoms with Crippen molar-refractivity contribution in [2.45, 2.75) is 12.7 Å². The van der Waals surface area contributed by atoms with Gasteiger partial charge in [-0.25, -0.2) is 4.79 Å². The summed E-state index contributed by atoms with van der Waals surface area (Å²) in [6.07, 6.45) is -4.77. The molecule has 0 unspecified atom stereocenters. The number of nitrogens with zero attached hydrogens (tertiary/aromatic N) is 2. The van der Waals surface area contributed by atoms with Gasteiger partial charge in [0.25, 0.3) is 0 Å². The third-order valence-corrected chi connectivity index (χ3v) is 5.94. The Morgan fingerprint density at radius 1 is 1.29 bits per heavy atom. The Kier molecular flexibility index (Phi) is 5.57. The Morgan fingerprint density at radius 2 is 1.93 bits per heavy atom. The molecule has 0 aliphatic heterocycles. The van der Waals surface area contributed by atoms with Crippen LogP contribution in [0.1, 0.15) is 26.5 Å². The summed E-state index contributed by atoms with van der Waals surface area (Å²) in [6, 6.07) is 9.29. The van der Waals surface area contributed by atoms with E-state index in [0.717, 1.165) is 15.9 Å². The second-order valence-corrected chi connectivity index (χ2v) is 7.81. The lowest BCUT2D eigenvalue weighted by Gasteiger charge is -2.16. The highest BCUT2D eigenvalue weighted by molar-refractivity contribution is 9.10. The summed E-state index contributed by atoms with van der Waals surface area (Å²) in [5.41, 5.74) is -0.659. The Balaban J connectivity index is 2.32. The van der Waals surface area contributed by atoms with Gasteiger partial charge in [-0.15, -0.1) is 11.3 Å². The minimum atomic E-state index is -4.77. The molecule has 0 saturated heterocycles. The predicted molar refractivity (Wildman–Crippen MR) is 103 cm³/mol. The highest BCUT2D eigenvalue weighted by atomic mass is 79.9. The number of halogens is 5. The van der Waals surface area contributed by atoms with Gasteiger partial charge in [-0.2, -0.15) is 18.4 Å². The van der Waals surface area contributed by atoms with Crippen LogP contribution in [0.25, 0.3) is 11.3 Å². The molecular formula is C18H9BrClF3N2O2S. The van der Waals surface area contributed by atoms with E-state index in [1.807, 2.05) is 6.07 Å². The number of nitriles is 1. The van der Waals surface area contributed by atoms with Gasteiger partial charge in [0.2, 0.25) is 0 Å². The van der Waals surface area contributed by atoms with Crippen LogP contribution in [0.3, 0.4) is 0 Å². The molecule has 1 N–H and O–H groups in total. The third kappa shape index (κ3) is 3.68. The second kappa shape index (κ2) is 7.62. The summed E-state index contributed by atoms with van der Waals surface area (Å²) in [7, 11) is 0. The molecule has 0 spiro atoms. The molecule has 2 aromatic heterocycles. The van der Waals surface area contributed by atoms with Gasteiger partial charge in [-0.05, 0) is 50.6 Å². The number of carboxylic acid groups (broad SMARTS) is 1. The molecule has 0 saturated carbocycles. The fraction of sp³-hybridized carbons (Fsp3) is 0.111. The largest absolute Gasteiger partial charge is 0.477 e. The zero-order valence-corrected chi connectivity index (χ0v) is 16.9. The van der Waals surface area contributed by atoms with Crippen molar-refractivity contribution >= 4 is 44.8 Å². The van der Waals surface area contributed by atoms with Gasteiger partial charge in [0.05, 0.1) is 15.7 Å². The molecule has 0 amide bonds. The monoisotopic (exact) mass is 488 g/mol. The molecule has 0 bridgehead atoms. The fourth-order valence-corrected chi connectivity index (χ4v) is 4.45. The van der Waals surface area contributed by atoms with Gasteiger partial charge >= 0.3 is 12.1 Å². The van der Waals surface area contributed by atoms with Gasteiger partial charge in [-0.1, -0.05) is 23.7 Å². The van der Waals surface area contributed by atoms with Gasteiger partial charge in [0.15, 0.2) is 0 Å². The number of alkyl halides is 3. The van der Waals surface area contributed by atoms with Crippen LogP contribution < -0.4 is 0 Å². The van der Waals surface area contributed by atoms with Gasteiger partial charge in [-0.3, -0.25) is 0 Å². The molecule has 3 rings (SSSR count). The van der Waals surface area contributed by atoms with E-state index in [1.165, 1.54) is 35.7 Å². The average Bonchev–Trinajstić information content (AvgIpc) is 3.17. The first-order valence-electron chi connectivity index (χ1n) is 7.60. The maximum absolute atomic E-state index is 13.8. The fourth-order valence-electron chi connectivity index (χ4n) is 2.85. The molecule has 1 aromatic carbocycles. The van der Waals surface area contributed by atoms with Crippen molar-refractivity contribution in [3.63, 3.8) is 0 Å². The summed E-state index contributed by atoms with van der Waals surface area (Å²) >= 11 is 9.70. The Bertz CT molecular complexity index is 1100. The number of carboxylic acids is 1. The number of benzene rings is 1. The Hall–Kier alpha value is -2.28. The van der Waals surface area contributed by atoms with Crippen LogP contribution in [0.4, 0.5) is 13.2 Å². The lowest BCUT2D eigenvalue weighted by molar-refractivity contribution is -0.143. The predicted octanol–water partition coefficient (Wildman–Crippen LogP) is 6.27. The first-order valence-corrected chi connectivity index (χ1v) is 9.65. The van der Waals surface area contributed by atoms with E-state index in [0.29, 0.717) is 10.6 Å². The summed E-state index contributed by atoms with van der Waals surface area (Å²) in [5, 5.41) is 20.7. The van der Waals surface area contributed by atoms with Crippen LogP contribution in [0.5, 0.6) is 0 Å². The minimum absolute atomic E-state index is 0.0286. The molecule has 2 heterocycles. The Labute approximate surface area is 174 Å². The molecule has 28 heavy (non-hydrogen) atoms. The van der Waals surface area contributed by atoms with Crippen molar-refractivity contribution in [2.75, 3.05) is 0 Å². The van der Waals surface area contributed by atoms with Crippen molar-refractivity contribution in [1.29, 1.82) is 5.26 Å². The van der Waals surface area contributed by atoms with Crippen LogP contribution in [0, 0.1) is 11.3 Å². The number of aromatic nitrogens is 1. The number of aromatic carboxylic acids is 1. The zero-order chi connectivity index (χ0) is 20.6. The van der Waals surface area contributed by atoms with Crippen molar-refractivity contribution in [2.24, 2.45) is 0 Å². The zero-order valence-electron chi connectivity index (χ0n) is 13.7. The first-order chi connectivity index (χ1) is 13.1. The minimum Gasteiger partial charge on any atom is -0.477 e. The molecule has 0 radical (unpaired) electrons. The average molecular weight is 490 g/mol. The SMILES string of the molecule is N#Cc1c(Br)c(C(F)(F)F)n(Cc2ccsc2C(=O)O)c1-c1ccc(Cl)cc1. The van der Waals surface area contributed by atoms with Crippen molar-refractivity contribution < 1.29 is 23.1 Å². The van der Waals surface area contributed by atoms with Crippen LogP contribution in [0.15, 0.2) is 40.2 Å². The summed E-state index contributed by atoms with van der Waals surface area (Å²) < 4.78 is 42.0. The number of thiophene rings is 1. The lowest BCUT2D eigenvalue weighted by atomic mass is 10.1. The lowest BCUT2D eigenvalue weighted by Crippen LogP contribution is -2.16. The van der Waals surface area contributed by atoms with Crippen molar-refractivity contribution in [1.82, 2.24) is 4.57 Å². The molecule has 0 fully saturated rings. The molecule has 0 aliphatic rings. The van der Waals surface area contributed by atoms with Crippen molar-refractivity contribution in [3.8, 4) is 17.3 Å². The van der Waals surface area contributed by atoms with E-state index in [9.17, 15) is 28.3 Å². The summed E-state index contributed by atoms with van der Waals surface area (Å²) in [5.74, 6) is -1.22. The molecule has 144 valence electrons. The quantitative estimate of drug-likeness (QED) is 0.470. The molecule has 4 nitrogen and oxygen atoms in total. The highest BCUT2D eigenvalue weighted by Gasteiger charge is 2.41. The van der Waals surface area contributed by atoms with E-state index in [4.69, 9.17) is 11.6 Å². The maximum atomic E-state index is 13.8. The second-order valence-electron chi connectivity index (χ2n) is 5.67. The van der Waals surface area contributed by atoms with E-state index >= 15 is 0 Å². The number of hydrogen-bond acceptors (Lipinski definition) is 3. The standard InChI is InChI=1S/C18H9BrClF3N2O2S/c19-13-12(7-24)14(9-1-3-11(20)4-2-9)25(16(13)18(21,22)23)8-10-5-6-28-15(10)17(26)27/h1-6H,8H2,(H,26,27). The Morgan fingerprint density at radius 3 is 2.46 bits per heavy atom. The molecule has 0 aliphatic carbocycles. The van der Waals surface area contributed by atoms with E-state index in [-0.39, 0.29) is 32.7 Å². The highest BCUT2D eigenvalue weighted by Crippen LogP contribution is 2.44. The van der Waals surface area contributed by atoms with Crippen LogP contribution in [-0.2, 0) is 12.7 Å². The van der Waals surface area contributed by atoms with Gasteiger partial charge in [0.1, 0.15) is 16.6 Å². The van der Waals surface area contributed by atoms with Crippen LogP contribution in [0.2, 0.25) is 5.02 Å². The molecule has 3 aromatic rings. The summed E-state index contributed by atoms with van der Waals surface area (Å²) in [6.45, 7) is -0.363. The van der Waals surface area contributed by atoms with Crippen molar-refractivity contribution in [3.05, 3.63) is 66.9 Å². The van der Waals surface area contributed by atoms with E-state index in [2.05, 4.69) is 15.9 Å². The van der Waals surface area contributed by atoms with Gasteiger partial charge < -0.3 is 9.67 Å². The third-order valence-electron chi connectivity index (χ3n) is 3.97. The smallest absolute Gasteiger partial charge is 0.432 e. The van der Waals surface area contributed by atoms with Crippen LogP contribution in [-0.4, -0.2) is 15.6 Å². The number of carbonyl (C=O) groups is 1. The van der Waals surface area contributed by atoms with Gasteiger partial charge in [0, 0.05) is 11.6 Å². The molecule has 10 heteroatoms. The number of hydrogen-bond donors (Lipinski definition) is 1. The van der Waals surface area contributed by atoms with Crippen LogP contribution >= 0.6 is 38.9 Å². The molecule has 0 atom stereocenters. The maximum Gasteiger partial charge on any atom is 0.432 e.